The summed E-state index contributed by atoms with van der Waals surface area (Å²) in [5.41, 5.74) is 0. The van der Waals surface area contributed by atoms with Crippen molar-refractivity contribution >= 4 is 5.78 Å². The topological polar surface area (TPSA) is 17.1 Å². The summed E-state index contributed by atoms with van der Waals surface area (Å²) in [7, 11) is 0. The first-order valence-corrected chi connectivity index (χ1v) is 1.57. The molecule has 33 valence electrons. The largest absolute Gasteiger partial charge is 2.00 e. The van der Waals surface area contributed by atoms with Gasteiger partial charge in [0.25, 0.3) is 0 Å². The summed E-state index contributed by atoms with van der Waals surface area (Å²) in [6.07, 6.45) is 1.53. The molecule has 0 aromatic rings. The molecule has 0 rings (SSSR count). The molecule has 0 spiro atoms. The van der Waals surface area contributed by atoms with Gasteiger partial charge >= 0.3 is 18.6 Å². The first kappa shape index (κ1) is 9.45. The van der Waals surface area contributed by atoms with E-state index in [-0.39, 0.29) is 24.3 Å². The third-order valence-corrected chi connectivity index (χ3v) is 0.407. The van der Waals surface area contributed by atoms with E-state index in [1.807, 2.05) is 0 Å². The molecule has 0 saturated carbocycles. The van der Waals surface area contributed by atoms with E-state index in [0.29, 0.717) is 0 Å². The van der Waals surface area contributed by atoms with Gasteiger partial charge in [0.05, 0.1) is 0 Å². The molecule has 0 aromatic heterocycles. The van der Waals surface area contributed by atoms with Crippen LogP contribution in [0, 0.1) is 6.42 Å². The molecule has 1 nitrogen and oxygen atoms in total. The SMILES string of the molecule is C[CH-]C(C)=O.[V+2]. The minimum atomic E-state index is 0. The van der Waals surface area contributed by atoms with Gasteiger partial charge in [0.15, 0.2) is 0 Å². The van der Waals surface area contributed by atoms with Gasteiger partial charge in [0.1, 0.15) is 0 Å². The number of hydrogen-bond donors (Lipinski definition) is 0. The second-order valence-electron chi connectivity index (χ2n) is 0.899. The van der Waals surface area contributed by atoms with Gasteiger partial charge in [-0.15, -0.1) is 0 Å². The van der Waals surface area contributed by atoms with Crippen LogP contribution in [-0.2, 0) is 23.4 Å². The van der Waals surface area contributed by atoms with Gasteiger partial charge < -0.3 is 11.2 Å². The Morgan fingerprint density at radius 2 is 1.83 bits per heavy atom. The first-order valence-electron chi connectivity index (χ1n) is 1.57. The van der Waals surface area contributed by atoms with E-state index in [1.165, 1.54) is 13.3 Å². The third kappa shape index (κ3) is 8.92. The summed E-state index contributed by atoms with van der Waals surface area (Å²) in [5, 5.41) is 0. The predicted octanol–water partition coefficient (Wildman–Crippen LogP) is 0.797. The van der Waals surface area contributed by atoms with E-state index in [4.69, 9.17) is 0 Å². The Hall–Kier alpha value is 0.124. The van der Waals surface area contributed by atoms with Crippen LogP contribution in [0.3, 0.4) is 0 Å². The summed E-state index contributed by atoms with van der Waals surface area (Å²) < 4.78 is 0. The number of ketones is 1. The summed E-state index contributed by atoms with van der Waals surface area (Å²) in [5.74, 6) is 0.130. The minimum Gasteiger partial charge on any atom is -0.335 e. The molecule has 0 N–H and O–H groups in total. The Bertz CT molecular complexity index is 42.8. The zero-order valence-electron chi connectivity index (χ0n) is 3.93. The van der Waals surface area contributed by atoms with Crippen molar-refractivity contribution in [3.05, 3.63) is 6.42 Å². The summed E-state index contributed by atoms with van der Waals surface area (Å²) in [6, 6.07) is 0. The Labute approximate surface area is 50.0 Å². The number of rotatable bonds is 1. The molecule has 0 bridgehead atoms. The molecular formula is C4H7OV+. The van der Waals surface area contributed by atoms with Crippen LogP contribution in [0.4, 0.5) is 0 Å². The average molecular weight is 122 g/mol. The van der Waals surface area contributed by atoms with Crippen LogP contribution >= 0.6 is 0 Å². The molecule has 0 aliphatic heterocycles. The molecule has 0 amide bonds. The van der Waals surface area contributed by atoms with Gasteiger partial charge in [-0.3, -0.25) is 0 Å². The average Bonchev–Trinajstić information content (AvgIpc) is 1.38. The van der Waals surface area contributed by atoms with Gasteiger partial charge in [0.2, 0.25) is 0 Å². The summed E-state index contributed by atoms with van der Waals surface area (Å²) in [4.78, 5) is 9.76. The summed E-state index contributed by atoms with van der Waals surface area (Å²) in [6.45, 7) is 3.25. The minimum absolute atomic E-state index is 0. The zero-order valence-corrected chi connectivity index (χ0v) is 5.33. The maximum absolute atomic E-state index is 9.76. The molecule has 0 aromatic carbocycles. The van der Waals surface area contributed by atoms with Crippen LogP contribution < -0.4 is 0 Å². The molecule has 0 fully saturated rings. The van der Waals surface area contributed by atoms with Gasteiger partial charge in [-0.2, -0.15) is 6.92 Å². The van der Waals surface area contributed by atoms with Crippen molar-refractivity contribution in [1.82, 2.24) is 0 Å². The molecule has 0 atom stereocenters. The summed E-state index contributed by atoms with van der Waals surface area (Å²) >= 11 is 0. The second kappa shape index (κ2) is 5.12. The van der Waals surface area contributed by atoms with E-state index >= 15 is 0 Å². The van der Waals surface area contributed by atoms with E-state index in [0.717, 1.165) is 0 Å². The van der Waals surface area contributed by atoms with Crippen LogP contribution in [0.15, 0.2) is 0 Å². The monoisotopic (exact) mass is 122 g/mol. The number of carbonyl (C=O) groups is 1. The van der Waals surface area contributed by atoms with Gasteiger partial charge in [-0.05, 0) is 12.7 Å². The number of Topliss-reactive ketones (excluding diaryl/α,β-unsaturated/α-hetero) is 1. The van der Waals surface area contributed by atoms with E-state index in [2.05, 4.69) is 0 Å². The van der Waals surface area contributed by atoms with Crippen molar-refractivity contribution in [2.75, 3.05) is 0 Å². The quantitative estimate of drug-likeness (QED) is 0.470. The third-order valence-electron chi connectivity index (χ3n) is 0.407. The molecule has 0 unspecified atom stereocenters. The molecule has 0 saturated heterocycles. The standard InChI is InChI=1S/C4H7O.V/c1-3-4(2)5;/h3H,1-2H3;/q-1;+2. The van der Waals surface area contributed by atoms with Crippen LogP contribution in [0.2, 0.25) is 0 Å². The van der Waals surface area contributed by atoms with Gasteiger partial charge in [-0.25, -0.2) is 0 Å². The predicted molar refractivity (Wildman–Crippen MR) is 20.7 cm³/mol. The van der Waals surface area contributed by atoms with Crippen LogP contribution in [0.5, 0.6) is 0 Å². The van der Waals surface area contributed by atoms with Gasteiger partial charge in [-0.1, -0.05) is 0 Å². The first-order chi connectivity index (χ1) is 2.27. The zero-order chi connectivity index (χ0) is 4.28. The number of carbonyl (C=O) groups excluding carboxylic acids is 1. The normalized spacial score (nSPS) is 5.67. The van der Waals surface area contributed by atoms with Crippen molar-refractivity contribution in [3.63, 3.8) is 0 Å². The van der Waals surface area contributed by atoms with E-state index in [1.54, 1.807) is 6.92 Å². The van der Waals surface area contributed by atoms with Crippen molar-refractivity contribution in [1.29, 1.82) is 0 Å². The van der Waals surface area contributed by atoms with Crippen molar-refractivity contribution in [2.45, 2.75) is 13.8 Å². The van der Waals surface area contributed by atoms with Crippen molar-refractivity contribution in [2.24, 2.45) is 0 Å². The second-order valence-corrected chi connectivity index (χ2v) is 0.899. The molecule has 6 heavy (non-hydrogen) atoms. The maximum Gasteiger partial charge on any atom is 2.00 e. The molecule has 0 heterocycles. The van der Waals surface area contributed by atoms with Crippen molar-refractivity contribution in [3.8, 4) is 0 Å². The molecule has 1 radical (unpaired) electrons. The van der Waals surface area contributed by atoms with E-state index in [9.17, 15) is 4.79 Å². The molecule has 0 aliphatic carbocycles. The smallest absolute Gasteiger partial charge is 0.335 e. The fraction of sp³-hybridized carbons (Fsp3) is 0.500. The number of hydrogen-bond acceptors (Lipinski definition) is 1. The Morgan fingerprint density at radius 3 is 1.83 bits per heavy atom. The van der Waals surface area contributed by atoms with Crippen LogP contribution in [0.1, 0.15) is 13.8 Å². The maximum atomic E-state index is 9.76. The molecule has 2 heteroatoms. The molecular weight excluding hydrogens is 115 g/mol. The van der Waals surface area contributed by atoms with Crippen molar-refractivity contribution < 1.29 is 23.4 Å². The van der Waals surface area contributed by atoms with Crippen LogP contribution in [0.25, 0.3) is 0 Å². The molecule has 0 aliphatic rings. The van der Waals surface area contributed by atoms with E-state index < -0.39 is 0 Å². The Morgan fingerprint density at radius 1 is 1.67 bits per heavy atom. The Kier molecular flexibility index (Phi) is 8.07. The van der Waals surface area contributed by atoms with Gasteiger partial charge in [0, 0.05) is 0 Å². The van der Waals surface area contributed by atoms with Crippen LogP contribution in [-0.4, -0.2) is 5.78 Å². The fourth-order valence-corrected chi connectivity index (χ4v) is 0. The Balaban J connectivity index is 0. The fourth-order valence-electron chi connectivity index (χ4n) is 0.